The van der Waals surface area contributed by atoms with Crippen LogP contribution < -0.4 is 10.6 Å². The van der Waals surface area contributed by atoms with Crippen LogP contribution in [0.5, 0.6) is 0 Å². The molecule has 0 spiro atoms. The fourth-order valence-electron chi connectivity index (χ4n) is 5.90. The number of aliphatic imine (C=N–C) groups is 1. The predicted octanol–water partition coefficient (Wildman–Crippen LogP) is 5.41. The van der Waals surface area contributed by atoms with Crippen molar-refractivity contribution in [3.8, 4) is 0 Å². The van der Waals surface area contributed by atoms with Gasteiger partial charge in [-0.05, 0) is 111 Å². The lowest BCUT2D eigenvalue weighted by atomic mass is 9.79. The highest BCUT2D eigenvalue weighted by atomic mass is 16.2. The van der Waals surface area contributed by atoms with E-state index in [1.807, 2.05) is 27.1 Å². The molecule has 39 heavy (non-hydrogen) atoms. The first kappa shape index (κ1) is 32.3. The lowest BCUT2D eigenvalue weighted by Crippen LogP contribution is -2.58. The number of aryl methyl sites for hydroxylation is 1. The molecule has 0 saturated heterocycles. The molecule has 6 nitrogen and oxygen atoms in total. The van der Waals surface area contributed by atoms with E-state index in [0.717, 1.165) is 36.5 Å². The van der Waals surface area contributed by atoms with Crippen molar-refractivity contribution in [1.29, 1.82) is 0 Å². The zero-order valence-electron chi connectivity index (χ0n) is 25.2. The van der Waals surface area contributed by atoms with E-state index in [2.05, 4.69) is 84.8 Å². The van der Waals surface area contributed by atoms with Crippen LogP contribution in [0.15, 0.2) is 47.6 Å². The molecule has 2 aliphatic carbocycles. The number of nitrogens with one attached hydrogen (secondary N) is 2. The summed E-state index contributed by atoms with van der Waals surface area (Å²) in [5.74, 6) is 0.937. The number of nitrogens with zero attached hydrogens (tertiary/aromatic N) is 2. The number of hydrogen-bond acceptors (Lipinski definition) is 6. The third kappa shape index (κ3) is 8.02. The van der Waals surface area contributed by atoms with Crippen molar-refractivity contribution >= 4 is 23.4 Å². The van der Waals surface area contributed by atoms with Gasteiger partial charge in [0.2, 0.25) is 0 Å². The first-order chi connectivity index (χ1) is 18.8. The minimum Gasteiger partial charge on any atom is -0.315 e. The van der Waals surface area contributed by atoms with Gasteiger partial charge in [-0.2, -0.15) is 0 Å². The Kier molecular flexibility index (Phi) is 12.9. The number of ketones is 1. The lowest BCUT2D eigenvalue weighted by Gasteiger charge is -2.39. The molecule has 2 aliphatic rings. The van der Waals surface area contributed by atoms with Crippen LogP contribution in [0.25, 0.3) is 5.57 Å². The van der Waals surface area contributed by atoms with Gasteiger partial charge in [0.25, 0.3) is 0 Å². The number of carbonyl (C=O) groups is 2. The number of aldehydes is 1. The summed E-state index contributed by atoms with van der Waals surface area (Å²) >= 11 is 0. The Morgan fingerprint density at radius 3 is 2.26 bits per heavy atom. The summed E-state index contributed by atoms with van der Waals surface area (Å²) in [7, 11) is 4.05. The zero-order chi connectivity index (χ0) is 29.0. The van der Waals surface area contributed by atoms with E-state index in [1.54, 1.807) is 0 Å². The van der Waals surface area contributed by atoms with Crippen LogP contribution in [0.2, 0.25) is 0 Å². The van der Waals surface area contributed by atoms with E-state index in [0.29, 0.717) is 11.8 Å². The number of Topliss-reactive ketones (excluding diaryl/α,β-unsaturated/α-hetero) is 1. The van der Waals surface area contributed by atoms with Crippen LogP contribution in [-0.2, 0) is 22.4 Å². The molecule has 1 saturated carbocycles. The van der Waals surface area contributed by atoms with Gasteiger partial charge in [-0.1, -0.05) is 39.0 Å². The van der Waals surface area contributed by atoms with E-state index >= 15 is 0 Å². The van der Waals surface area contributed by atoms with Gasteiger partial charge in [0.1, 0.15) is 0 Å². The van der Waals surface area contributed by atoms with Crippen LogP contribution in [0.4, 0.5) is 0 Å². The fourth-order valence-corrected chi connectivity index (χ4v) is 5.90. The number of pyridine rings is 1. The largest absolute Gasteiger partial charge is 0.315 e. The number of rotatable bonds is 8. The second kappa shape index (κ2) is 15.6. The highest BCUT2D eigenvalue weighted by Crippen LogP contribution is 2.47. The molecule has 2 N–H and O–H groups in total. The van der Waals surface area contributed by atoms with Crippen LogP contribution in [0.1, 0.15) is 75.4 Å². The molecule has 0 unspecified atom stereocenters. The molecule has 0 amide bonds. The number of benzene rings is 1. The summed E-state index contributed by atoms with van der Waals surface area (Å²) in [4.78, 5) is 27.8. The molecule has 6 heteroatoms. The highest BCUT2D eigenvalue weighted by Gasteiger charge is 2.50. The van der Waals surface area contributed by atoms with Gasteiger partial charge in [0, 0.05) is 32.3 Å². The van der Waals surface area contributed by atoms with Crippen molar-refractivity contribution in [3.05, 3.63) is 70.6 Å². The molecule has 2 bridgehead atoms. The Bertz CT molecular complexity index is 1150. The molecule has 1 aromatic carbocycles. The van der Waals surface area contributed by atoms with Gasteiger partial charge in [0.05, 0.1) is 11.4 Å². The smallest absolute Gasteiger partial charge is 0.192 e. The second-order valence-electron chi connectivity index (χ2n) is 10.3. The van der Waals surface area contributed by atoms with Crippen LogP contribution in [-0.4, -0.2) is 55.5 Å². The van der Waals surface area contributed by atoms with Crippen molar-refractivity contribution < 1.29 is 9.59 Å². The minimum atomic E-state index is -0.426. The van der Waals surface area contributed by atoms with Crippen molar-refractivity contribution in [3.63, 3.8) is 0 Å². The van der Waals surface area contributed by atoms with Crippen molar-refractivity contribution in [1.82, 2.24) is 15.6 Å². The van der Waals surface area contributed by atoms with Gasteiger partial charge in [-0.3, -0.25) is 19.6 Å². The summed E-state index contributed by atoms with van der Waals surface area (Å²) < 4.78 is 0. The van der Waals surface area contributed by atoms with Crippen LogP contribution >= 0.6 is 0 Å². The number of aromatic nitrogens is 1. The fraction of sp³-hybridized carbons (Fsp3) is 0.515. The Balaban J connectivity index is 0.000000686. The quantitative estimate of drug-likeness (QED) is 0.270. The molecular formula is C33H48N4O2. The van der Waals surface area contributed by atoms with Crippen LogP contribution in [0, 0.1) is 18.8 Å². The number of carbonyl (C=O) groups excluding carboxylic acids is 2. The number of fused-ring (bicyclic) bond motifs is 3. The maximum Gasteiger partial charge on any atom is 0.192 e. The Morgan fingerprint density at radius 1 is 1.10 bits per heavy atom. The Hall–Kier alpha value is -2.96. The maximum absolute atomic E-state index is 9.44. The first-order valence-electron chi connectivity index (χ1n) is 14.3. The van der Waals surface area contributed by atoms with Gasteiger partial charge in [-0.25, -0.2) is 0 Å². The summed E-state index contributed by atoms with van der Waals surface area (Å²) in [5, 5.41) is 7.43. The Morgan fingerprint density at radius 2 is 1.74 bits per heavy atom. The monoisotopic (exact) mass is 532 g/mol. The highest BCUT2D eigenvalue weighted by molar-refractivity contribution is 6.23. The predicted molar refractivity (Wildman–Crippen MR) is 164 cm³/mol. The van der Waals surface area contributed by atoms with E-state index in [1.165, 1.54) is 48.4 Å². The molecule has 4 rings (SSSR count). The van der Waals surface area contributed by atoms with E-state index in [9.17, 15) is 4.79 Å². The number of likely N-dealkylation sites (N-methyl/N-ethyl adjacent to an activating group) is 2. The molecule has 1 aromatic heterocycles. The topological polar surface area (TPSA) is 83.5 Å². The lowest BCUT2D eigenvalue weighted by molar-refractivity contribution is -0.128. The van der Waals surface area contributed by atoms with Crippen molar-refractivity contribution in [2.75, 3.05) is 27.2 Å². The van der Waals surface area contributed by atoms with Gasteiger partial charge in [0.15, 0.2) is 12.1 Å². The average Bonchev–Trinajstić information content (AvgIpc) is 3.21. The molecule has 0 radical (unpaired) electrons. The molecule has 2 aromatic rings. The third-order valence-electron chi connectivity index (χ3n) is 7.96. The molecule has 1 fully saturated rings. The van der Waals surface area contributed by atoms with Crippen molar-refractivity contribution in [2.45, 2.75) is 72.8 Å². The van der Waals surface area contributed by atoms with Gasteiger partial charge in [-0.15, -0.1) is 0 Å². The number of hydrogen-bond donors (Lipinski definition) is 2. The molecule has 212 valence electrons. The third-order valence-corrected chi connectivity index (χ3v) is 7.96. The average molecular weight is 533 g/mol. The maximum atomic E-state index is 9.44. The molecular weight excluding hydrogens is 484 g/mol. The molecule has 3 atom stereocenters. The van der Waals surface area contributed by atoms with E-state index in [-0.39, 0.29) is 11.8 Å². The molecule has 1 heterocycles. The standard InChI is InChI=1S/C28H38N4.C3H4O2.C2H6/c1-6-31-18-28(30-5)24-10-11-25(28)16-23-14-22(9-8-21(23)15-24)27(29-4)13-20(3)26-12-7-19(2)17-32-26;1-3(5)2-4;1-2/h7-9,12-14,17,24-25,30-31H,6,10-11,15-16,18H2,1-5H3;2H,1H3;1-2H3/b20-13+,29-27?;;/t24-,25+,28+;;/m0../s1. The second-order valence-corrected chi connectivity index (χ2v) is 10.3. The minimum absolute atomic E-state index is 0.199. The Labute approximate surface area is 235 Å². The summed E-state index contributed by atoms with van der Waals surface area (Å²) in [5.41, 5.74) is 8.78. The summed E-state index contributed by atoms with van der Waals surface area (Å²) in [6, 6.07) is 11.2. The van der Waals surface area contributed by atoms with Crippen molar-refractivity contribution in [2.24, 2.45) is 16.8 Å². The number of allylic oxidation sites excluding steroid dienone is 2. The van der Waals surface area contributed by atoms with E-state index < -0.39 is 5.78 Å². The summed E-state index contributed by atoms with van der Waals surface area (Å²) in [6.45, 7) is 13.7. The molecule has 0 aliphatic heterocycles. The van der Waals surface area contributed by atoms with E-state index in [4.69, 9.17) is 4.79 Å². The SMILES string of the molecule is CC.CC(=O)C=O.CCNC[C@]1(NC)[C@@H]2CC[C@H]1Cc1ccc(C(/C=C(\C)c3ccc(C)cn3)=NC)cc1C2. The zero-order valence-corrected chi connectivity index (χ0v) is 25.2. The van der Waals surface area contributed by atoms with Crippen LogP contribution in [0.3, 0.4) is 0 Å². The normalized spacial score (nSPS) is 21.9. The summed E-state index contributed by atoms with van der Waals surface area (Å²) in [6.07, 6.45) is 9.32. The van der Waals surface area contributed by atoms with Gasteiger partial charge >= 0.3 is 0 Å². The first-order valence-corrected chi connectivity index (χ1v) is 14.3. The van der Waals surface area contributed by atoms with Gasteiger partial charge < -0.3 is 10.6 Å².